The Kier molecular flexibility index (Phi) is 18.1. The largest absolute Gasteiger partial charge is 0.357 e. The highest BCUT2D eigenvalue weighted by molar-refractivity contribution is 14.0. The molecule has 1 N–H and O–H groups in total. The minimum atomic E-state index is 0. The van der Waals surface area contributed by atoms with E-state index in [1.54, 1.807) is 0 Å². The fourth-order valence-electron chi connectivity index (χ4n) is 2.38. The molecule has 0 bridgehead atoms. The van der Waals surface area contributed by atoms with Crippen LogP contribution in [-0.2, 0) is 4.79 Å². The molecular weight excluding hydrogens is 415 g/mol. The molecule has 1 amide bonds. The van der Waals surface area contributed by atoms with E-state index in [-0.39, 0.29) is 29.9 Å². The third-order valence-electron chi connectivity index (χ3n) is 3.80. The van der Waals surface area contributed by atoms with Crippen LogP contribution in [0.4, 0.5) is 0 Å². The summed E-state index contributed by atoms with van der Waals surface area (Å²) in [5.41, 5.74) is 0. The van der Waals surface area contributed by atoms with Crippen molar-refractivity contribution in [3.05, 3.63) is 12.7 Å². The Balaban J connectivity index is 0. The molecule has 0 fully saturated rings. The minimum absolute atomic E-state index is 0. The van der Waals surface area contributed by atoms with Crippen molar-refractivity contribution in [3.63, 3.8) is 0 Å². The fraction of sp³-hybridized carbons (Fsp3) is 0.778. The van der Waals surface area contributed by atoms with Crippen molar-refractivity contribution in [2.45, 2.75) is 52.9 Å². The van der Waals surface area contributed by atoms with Gasteiger partial charge in [0.2, 0.25) is 5.91 Å². The van der Waals surface area contributed by atoms with Gasteiger partial charge in [0.1, 0.15) is 0 Å². The third-order valence-corrected chi connectivity index (χ3v) is 3.80. The van der Waals surface area contributed by atoms with E-state index in [4.69, 9.17) is 0 Å². The summed E-state index contributed by atoms with van der Waals surface area (Å²) in [5, 5.41) is 3.30. The second-order valence-corrected chi connectivity index (χ2v) is 5.61. The quantitative estimate of drug-likeness (QED) is 0.162. The topological polar surface area (TPSA) is 47.9 Å². The zero-order chi connectivity index (χ0) is 17.5. The molecule has 0 aromatic rings. The van der Waals surface area contributed by atoms with Crippen molar-refractivity contribution >= 4 is 35.8 Å². The molecule has 5 nitrogen and oxygen atoms in total. The van der Waals surface area contributed by atoms with E-state index in [1.165, 1.54) is 12.8 Å². The van der Waals surface area contributed by atoms with Gasteiger partial charge in [0.05, 0.1) is 6.54 Å². The van der Waals surface area contributed by atoms with Crippen LogP contribution in [0.2, 0.25) is 0 Å². The van der Waals surface area contributed by atoms with Crippen LogP contribution in [0.5, 0.6) is 0 Å². The Morgan fingerprint density at radius 2 is 1.83 bits per heavy atom. The second-order valence-electron chi connectivity index (χ2n) is 5.61. The molecule has 0 heterocycles. The number of guanidine groups is 1. The standard InChI is InChI=1S/C18H36N4O.HI/c1-6-10-11-12-13-16-21(5)18(19-7-2)20-15-14-17(23)22(8-3)9-4;/h6H,1,7-16H2,2-5H3,(H,19,20);1H. The monoisotopic (exact) mass is 452 g/mol. The van der Waals surface area contributed by atoms with Crippen molar-refractivity contribution in [2.24, 2.45) is 4.99 Å². The van der Waals surface area contributed by atoms with Crippen LogP contribution in [0.15, 0.2) is 17.6 Å². The summed E-state index contributed by atoms with van der Waals surface area (Å²) in [6.07, 6.45) is 7.09. The Bertz CT molecular complexity index is 357. The maximum atomic E-state index is 12.0. The van der Waals surface area contributed by atoms with E-state index in [0.717, 1.165) is 45.0 Å². The summed E-state index contributed by atoms with van der Waals surface area (Å²) in [4.78, 5) is 20.6. The maximum absolute atomic E-state index is 12.0. The molecule has 0 aliphatic carbocycles. The molecule has 0 aliphatic heterocycles. The summed E-state index contributed by atoms with van der Waals surface area (Å²) in [6.45, 7) is 13.7. The predicted molar refractivity (Wildman–Crippen MR) is 115 cm³/mol. The summed E-state index contributed by atoms with van der Waals surface area (Å²) in [5.74, 6) is 1.07. The Morgan fingerprint density at radius 3 is 2.38 bits per heavy atom. The molecule has 0 saturated carbocycles. The minimum Gasteiger partial charge on any atom is -0.357 e. The molecule has 0 rings (SSSR count). The lowest BCUT2D eigenvalue weighted by Gasteiger charge is -2.22. The summed E-state index contributed by atoms with van der Waals surface area (Å²) in [6, 6.07) is 0. The third kappa shape index (κ3) is 11.7. The molecule has 6 heteroatoms. The van der Waals surface area contributed by atoms with Crippen LogP contribution < -0.4 is 5.32 Å². The average molecular weight is 452 g/mol. The van der Waals surface area contributed by atoms with Crippen LogP contribution in [0.3, 0.4) is 0 Å². The van der Waals surface area contributed by atoms with Gasteiger partial charge < -0.3 is 15.1 Å². The number of carbonyl (C=O) groups excluding carboxylic acids is 1. The summed E-state index contributed by atoms with van der Waals surface area (Å²) in [7, 11) is 2.06. The van der Waals surface area contributed by atoms with E-state index in [0.29, 0.717) is 13.0 Å². The maximum Gasteiger partial charge on any atom is 0.224 e. The first kappa shape index (κ1) is 25.5. The molecule has 24 heavy (non-hydrogen) atoms. The Hall–Kier alpha value is -0.790. The second kappa shape index (κ2) is 17.0. The van der Waals surface area contributed by atoms with Gasteiger partial charge in [0.25, 0.3) is 0 Å². The number of hydrogen-bond acceptors (Lipinski definition) is 2. The number of halogens is 1. The molecule has 142 valence electrons. The predicted octanol–water partition coefficient (Wildman–Crippen LogP) is 3.51. The zero-order valence-electron chi connectivity index (χ0n) is 16.0. The molecule has 0 aromatic carbocycles. The number of aliphatic imine (C=N–C) groups is 1. The number of unbranched alkanes of at least 4 members (excludes halogenated alkanes) is 3. The van der Waals surface area contributed by atoms with E-state index in [9.17, 15) is 4.79 Å². The van der Waals surface area contributed by atoms with Gasteiger partial charge in [-0.3, -0.25) is 9.79 Å². The van der Waals surface area contributed by atoms with Crippen molar-refractivity contribution in [1.82, 2.24) is 15.1 Å². The Morgan fingerprint density at radius 1 is 1.17 bits per heavy atom. The first-order valence-electron chi connectivity index (χ1n) is 8.98. The normalized spacial score (nSPS) is 10.8. The zero-order valence-corrected chi connectivity index (χ0v) is 18.3. The molecule has 0 saturated heterocycles. The van der Waals surface area contributed by atoms with E-state index >= 15 is 0 Å². The van der Waals surface area contributed by atoms with Gasteiger partial charge in [0.15, 0.2) is 5.96 Å². The molecule has 0 aliphatic rings. The number of rotatable bonds is 12. The first-order chi connectivity index (χ1) is 11.1. The molecule has 0 radical (unpaired) electrons. The van der Waals surface area contributed by atoms with Crippen molar-refractivity contribution in [3.8, 4) is 0 Å². The lowest BCUT2D eigenvalue weighted by Crippen LogP contribution is -2.39. The summed E-state index contributed by atoms with van der Waals surface area (Å²) >= 11 is 0. The molecule has 0 spiro atoms. The van der Waals surface area contributed by atoms with E-state index < -0.39 is 0 Å². The van der Waals surface area contributed by atoms with Gasteiger partial charge in [-0.1, -0.05) is 12.5 Å². The van der Waals surface area contributed by atoms with Crippen molar-refractivity contribution in [2.75, 3.05) is 39.8 Å². The van der Waals surface area contributed by atoms with Gasteiger partial charge in [-0.05, 0) is 40.0 Å². The van der Waals surface area contributed by atoms with Gasteiger partial charge >= 0.3 is 0 Å². The smallest absolute Gasteiger partial charge is 0.224 e. The molecule has 0 atom stereocenters. The lowest BCUT2D eigenvalue weighted by atomic mass is 10.2. The number of nitrogens with one attached hydrogen (secondary N) is 1. The molecule has 0 aromatic heterocycles. The number of nitrogens with zero attached hydrogens (tertiary/aromatic N) is 3. The van der Waals surface area contributed by atoms with Crippen LogP contribution in [0.25, 0.3) is 0 Å². The summed E-state index contributed by atoms with van der Waals surface area (Å²) < 4.78 is 0. The van der Waals surface area contributed by atoms with Gasteiger partial charge in [-0.15, -0.1) is 30.6 Å². The number of amides is 1. The highest BCUT2D eigenvalue weighted by Gasteiger charge is 2.09. The van der Waals surface area contributed by atoms with Crippen LogP contribution in [0.1, 0.15) is 52.9 Å². The van der Waals surface area contributed by atoms with E-state index in [1.807, 2.05) is 24.8 Å². The van der Waals surface area contributed by atoms with Crippen LogP contribution >= 0.6 is 24.0 Å². The van der Waals surface area contributed by atoms with E-state index in [2.05, 4.69) is 35.8 Å². The van der Waals surface area contributed by atoms with Gasteiger partial charge in [-0.25, -0.2) is 0 Å². The van der Waals surface area contributed by atoms with Crippen LogP contribution in [-0.4, -0.2) is 61.4 Å². The number of allylic oxidation sites excluding steroid dienone is 1. The molecule has 0 unspecified atom stereocenters. The first-order valence-corrected chi connectivity index (χ1v) is 8.98. The highest BCUT2D eigenvalue weighted by atomic mass is 127. The van der Waals surface area contributed by atoms with Crippen molar-refractivity contribution < 1.29 is 4.79 Å². The SMILES string of the molecule is C=CCCCCCN(C)C(=NCCC(=O)N(CC)CC)NCC.I. The van der Waals surface area contributed by atoms with Gasteiger partial charge in [0, 0.05) is 39.6 Å². The lowest BCUT2D eigenvalue weighted by molar-refractivity contribution is -0.130. The average Bonchev–Trinajstić information content (AvgIpc) is 2.54. The van der Waals surface area contributed by atoms with Gasteiger partial charge in [-0.2, -0.15) is 0 Å². The number of hydrogen-bond donors (Lipinski definition) is 1. The molecular formula is C18H37IN4O. The number of carbonyl (C=O) groups is 1. The van der Waals surface area contributed by atoms with Crippen molar-refractivity contribution in [1.29, 1.82) is 0 Å². The fourth-order valence-corrected chi connectivity index (χ4v) is 2.38. The Labute approximate surface area is 166 Å². The highest BCUT2D eigenvalue weighted by Crippen LogP contribution is 2.02. The van der Waals surface area contributed by atoms with Crippen LogP contribution in [0, 0.1) is 0 Å².